The highest BCUT2D eigenvalue weighted by molar-refractivity contribution is 7.47. The van der Waals surface area contributed by atoms with Gasteiger partial charge in [-0.25, -0.2) is 28.8 Å². The number of hydrogen-bond acceptors (Lipinski definition) is 11. The van der Waals surface area contributed by atoms with Crippen LogP contribution in [-0.2, 0) is 34.4 Å². The summed E-state index contributed by atoms with van der Waals surface area (Å²) in [6.45, 7) is 3.95. The van der Waals surface area contributed by atoms with Gasteiger partial charge in [0, 0.05) is 0 Å². The predicted molar refractivity (Wildman–Crippen MR) is 94.7 cm³/mol. The molecule has 0 fully saturated rings. The average Bonchev–Trinajstić information content (AvgIpc) is 2.98. The Balaban J connectivity index is 1.73. The highest BCUT2D eigenvalue weighted by Gasteiger charge is 2.23. The van der Waals surface area contributed by atoms with Crippen LogP contribution >= 0.6 is 7.82 Å². The van der Waals surface area contributed by atoms with E-state index in [-0.39, 0.29) is 5.82 Å². The van der Waals surface area contributed by atoms with Crippen LogP contribution in [0.5, 0.6) is 0 Å². The quantitative estimate of drug-likeness (QED) is 0.323. The normalized spacial score (nSPS) is 14.8. The minimum Gasteiger partial charge on any atom is -0.432 e. The van der Waals surface area contributed by atoms with Crippen molar-refractivity contribution in [1.82, 2.24) is 19.5 Å². The summed E-state index contributed by atoms with van der Waals surface area (Å²) in [6, 6.07) is 0. The first kappa shape index (κ1) is 22.0. The molecule has 0 aliphatic carbocycles. The molecule has 0 aromatic carbocycles. The molecular weight excluding hydrogens is 397 g/mol. The van der Waals surface area contributed by atoms with E-state index in [2.05, 4.69) is 33.5 Å². The minimum atomic E-state index is -4.47. The van der Waals surface area contributed by atoms with E-state index in [9.17, 15) is 14.3 Å². The number of carbonyl (C=O) groups excluding carboxylic acids is 1. The molecule has 0 aliphatic rings. The molecule has 13 nitrogen and oxygen atoms in total. The van der Waals surface area contributed by atoms with Crippen LogP contribution < -0.4 is 5.73 Å². The molecule has 2 aromatic heterocycles. The van der Waals surface area contributed by atoms with Gasteiger partial charge in [0.25, 0.3) is 0 Å². The standard InChI is InChI=1S/C14H22N5O8P/c1-9(2)27-14(20)24-8-26-28(21,22)25-7-23-10(3)4-19-6-18-11-12(15)16-5-17-13(11)19/h5-6,9-10H,4,7-8H2,1-3H3,(H,21,22)(H2,15,16,17)/t10-/m1/s1. The molecule has 2 atom stereocenters. The number of fused-ring (bicyclic) bond motifs is 1. The van der Waals surface area contributed by atoms with Gasteiger partial charge in [0.2, 0.25) is 6.79 Å². The third-order valence-electron chi connectivity index (χ3n) is 3.18. The molecule has 0 aliphatic heterocycles. The second-order valence-electron chi connectivity index (χ2n) is 5.83. The Morgan fingerprint density at radius 3 is 2.68 bits per heavy atom. The van der Waals surface area contributed by atoms with Crippen LogP contribution in [0.2, 0.25) is 0 Å². The number of phosphoric acid groups is 1. The summed E-state index contributed by atoms with van der Waals surface area (Å²) in [5.74, 6) is 0.263. The van der Waals surface area contributed by atoms with Gasteiger partial charge in [-0.15, -0.1) is 0 Å². The van der Waals surface area contributed by atoms with E-state index >= 15 is 0 Å². The summed E-state index contributed by atoms with van der Waals surface area (Å²) in [7, 11) is -4.47. The summed E-state index contributed by atoms with van der Waals surface area (Å²) in [6.07, 6.45) is 1.00. The molecule has 28 heavy (non-hydrogen) atoms. The maximum Gasteiger partial charge on any atom is 0.510 e. The third-order valence-corrected chi connectivity index (χ3v) is 4.04. The van der Waals surface area contributed by atoms with E-state index < -0.39 is 39.8 Å². The number of carbonyl (C=O) groups is 1. The Morgan fingerprint density at radius 1 is 1.25 bits per heavy atom. The molecule has 14 heteroatoms. The SMILES string of the molecule is CC(C)OC(=O)OCOP(=O)(O)OCO[C@H](C)Cn1cnc2c(N)ncnc21. The number of anilines is 1. The summed E-state index contributed by atoms with van der Waals surface area (Å²) in [5, 5.41) is 0. The summed E-state index contributed by atoms with van der Waals surface area (Å²) >= 11 is 0. The van der Waals surface area contributed by atoms with Crippen molar-refractivity contribution in [2.24, 2.45) is 0 Å². The van der Waals surface area contributed by atoms with Gasteiger partial charge in [-0.1, -0.05) is 0 Å². The first-order chi connectivity index (χ1) is 13.2. The maximum absolute atomic E-state index is 11.7. The lowest BCUT2D eigenvalue weighted by Crippen LogP contribution is -2.18. The molecule has 0 radical (unpaired) electrons. The molecule has 2 aromatic rings. The Hall–Kier alpha value is -2.31. The van der Waals surface area contributed by atoms with Gasteiger partial charge in [0.1, 0.15) is 11.8 Å². The molecule has 0 bridgehead atoms. The number of hydrogen-bond donors (Lipinski definition) is 2. The van der Waals surface area contributed by atoms with E-state index in [0.29, 0.717) is 17.7 Å². The van der Waals surface area contributed by atoms with Gasteiger partial charge < -0.3 is 29.4 Å². The highest BCUT2D eigenvalue weighted by atomic mass is 31.2. The van der Waals surface area contributed by atoms with Crippen LogP contribution in [0.25, 0.3) is 11.2 Å². The fraction of sp³-hybridized carbons (Fsp3) is 0.571. The fourth-order valence-electron chi connectivity index (χ4n) is 1.98. The molecule has 3 N–H and O–H groups in total. The second-order valence-corrected chi connectivity index (χ2v) is 7.28. The number of nitrogens with zero attached hydrogens (tertiary/aromatic N) is 4. The van der Waals surface area contributed by atoms with Gasteiger partial charge in [0.15, 0.2) is 18.3 Å². The molecule has 0 saturated carbocycles. The highest BCUT2D eigenvalue weighted by Crippen LogP contribution is 2.43. The number of nitrogens with two attached hydrogens (primary N) is 1. The van der Waals surface area contributed by atoms with Gasteiger partial charge in [-0.2, -0.15) is 0 Å². The summed E-state index contributed by atoms with van der Waals surface area (Å²) in [5.41, 5.74) is 6.72. The molecule has 1 unspecified atom stereocenters. The van der Waals surface area contributed by atoms with Crippen molar-refractivity contribution in [1.29, 1.82) is 0 Å². The van der Waals surface area contributed by atoms with Crippen LogP contribution in [0.15, 0.2) is 12.7 Å². The monoisotopic (exact) mass is 419 g/mol. The number of phosphoric ester groups is 1. The smallest absolute Gasteiger partial charge is 0.432 e. The average molecular weight is 419 g/mol. The zero-order valence-corrected chi connectivity index (χ0v) is 16.4. The molecule has 0 saturated heterocycles. The molecule has 2 heterocycles. The van der Waals surface area contributed by atoms with Crippen molar-refractivity contribution in [2.45, 2.75) is 39.5 Å². The molecular formula is C14H22N5O8P. The lowest BCUT2D eigenvalue weighted by Gasteiger charge is -2.16. The molecule has 0 spiro atoms. The lowest BCUT2D eigenvalue weighted by atomic mass is 10.4. The number of nitrogen functional groups attached to an aromatic ring is 1. The fourth-order valence-corrected chi connectivity index (χ4v) is 2.43. The van der Waals surface area contributed by atoms with Crippen molar-refractivity contribution in [3.8, 4) is 0 Å². The minimum absolute atomic E-state index is 0.263. The van der Waals surface area contributed by atoms with Gasteiger partial charge in [-0.05, 0) is 20.8 Å². The summed E-state index contributed by atoms with van der Waals surface area (Å²) < 4.78 is 37.0. The zero-order chi connectivity index (χ0) is 20.7. The number of imidazole rings is 1. The second kappa shape index (κ2) is 9.75. The van der Waals surface area contributed by atoms with E-state index in [1.807, 2.05) is 0 Å². The Bertz CT molecular complexity index is 844. The van der Waals surface area contributed by atoms with E-state index in [1.165, 1.54) is 12.7 Å². The lowest BCUT2D eigenvalue weighted by molar-refractivity contribution is -0.0618. The van der Waals surface area contributed by atoms with Crippen LogP contribution in [0.4, 0.5) is 10.6 Å². The van der Waals surface area contributed by atoms with Crippen LogP contribution in [0.1, 0.15) is 20.8 Å². The predicted octanol–water partition coefficient (Wildman–Crippen LogP) is 1.42. The van der Waals surface area contributed by atoms with Crippen molar-refractivity contribution in [3.05, 3.63) is 12.7 Å². The van der Waals surface area contributed by atoms with E-state index in [0.717, 1.165) is 0 Å². The number of rotatable bonds is 10. The van der Waals surface area contributed by atoms with E-state index in [4.69, 9.17) is 10.5 Å². The number of ether oxygens (including phenoxy) is 3. The van der Waals surface area contributed by atoms with Crippen molar-refractivity contribution in [3.63, 3.8) is 0 Å². The maximum atomic E-state index is 11.7. The summed E-state index contributed by atoms with van der Waals surface area (Å²) in [4.78, 5) is 32.7. The van der Waals surface area contributed by atoms with E-state index in [1.54, 1.807) is 25.3 Å². The Kier molecular flexibility index (Phi) is 7.66. The zero-order valence-electron chi connectivity index (χ0n) is 15.5. The van der Waals surface area contributed by atoms with Crippen LogP contribution in [0.3, 0.4) is 0 Å². The largest absolute Gasteiger partial charge is 0.510 e. The Labute approximate surface area is 160 Å². The molecule has 2 rings (SSSR count). The first-order valence-electron chi connectivity index (χ1n) is 8.16. The van der Waals surface area contributed by atoms with Gasteiger partial charge >= 0.3 is 14.0 Å². The third kappa shape index (κ3) is 6.69. The van der Waals surface area contributed by atoms with Crippen molar-refractivity contribution < 1.29 is 37.5 Å². The van der Waals surface area contributed by atoms with Gasteiger partial charge in [0.05, 0.1) is 25.1 Å². The van der Waals surface area contributed by atoms with Crippen molar-refractivity contribution >= 4 is 31.0 Å². The van der Waals surface area contributed by atoms with Crippen molar-refractivity contribution in [2.75, 3.05) is 19.3 Å². The Morgan fingerprint density at radius 2 is 1.96 bits per heavy atom. The van der Waals surface area contributed by atoms with Crippen LogP contribution in [0, 0.1) is 0 Å². The van der Waals surface area contributed by atoms with Crippen LogP contribution in [-0.4, -0.2) is 56.4 Å². The topological polar surface area (TPSA) is 170 Å². The molecule has 0 amide bonds. The number of aromatic nitrogens is 4. The first-order valence-corrected chi connectivity index (χ1v) is 9.65. The molecule has 156 valence electrons. The van der Waals surface area contributed by atoms with Gasteiger partial charge in [-0.3, -0.25) is 4.52 Å².